The predicted molar refractivity (Wildman–Crippen MR) is 68.9 cm³/mol. The first-order valence-electron chi connectivity index (χ1n) is 4.97. The van der Waals surface area contributed by atoms with Crippen molar-refractivity contribution in [2.75, 3.05) is 12.4 Å². The number of aliphatic imine (C=N–C) groups is 1. The van der Waals surface area contributed by atoms with E-state index in [1.54, 1.807) is 7.05 Å². The van der Waals surface area contributed by atoms with Gasteiger partial charge < -0.3 is 21.2 Å². The van der Waals surface area contributed by atoms with Gasteiger partial charge in [0, 0.05) is 12.4 Å². The summed E-state index contributed by atoms with van der Waals surface area (Å²) in [5, 5.41) is 5.43. The number of guanidine groups is 1. The van der Waals surface area contributed by atoms with E-state index in [1.165, 1.54) is 11.3 Å². The van der Waals surface area contributed by atoms with Crippen molar-refractivity contribution in [3.63, 3.8) is 0 Å². The third-order valence-electron chi connectivity index (χ3n) is 2.10. The second-order valence-corrected chi connectivity index (χ2v) is 4.10. The van der Waals surface area contributed by atoms with Crippen LogP contribution in [0.15, 0.2) is 26.9 Å². The number of hydrogen-bond acceptors (Lipinski definition) is 5. The maximum Gasteiger partial charge on any atom is 0.194 e. The van der Waals surface area contributed by atoms with E-state index in [-0.39, 0.29) is 0 Å². The van der Waals surface area contributed by atoms with Crippen molar-refractivity contribution in [3.05, 3.63) is 23.3 Å². The summed E-state index contributed by atoms with van der Waals surface area (Å²) in [6, 6.07) is 3.68. The van der Waals surface area contributed by atoms with Gasteiger partial charge in [0.05, 0.1) is 6.54 Å². The Morgan fingerprint density at radius 2 is 2.41 bits per heavy atom. The molecule has 0 aliphatic rings. The lowest BCUT2D eigenvalue weighted by atomic mass is 10.3. The molecular weight excluding hydrogens is 238 g/mol. The van der Waals surface area contributed by atoms with Gasteiger partial charge >= 0.3 is 0 Å². The van der Waals surface area contributed by atoms with Crippen LogP contribution in [0.3, 0.4) is 0 Å². The molecule has 17 heavy (non-hydrogen) atoms. The molecule has 0 bridgehead atoms. The fraction of sp³-hybridized carbons (Fsp3) is 0.200. The summed E-state index contributed by atoms with van der Waals surface area (Å²) in [6.07, 6.45) is 0. The van der Waals surface area contributed by atoms with Gasteiger partial charge in [0.15, 0.2) is 16.9 Å². The number of thiazole rings is 1. The van der Waals surface area contributed by atoms with Gasteiger partial charge in [-0.1, -0.05) is 0 Å². The fourth-order valence-electron chi connectivity index (χ4n) is 1.24. The summed E-state index contributed by atoms with van der Waals surface area (Å²) in [7, 11) is 1.61. The molecule has 0 atom stereocenters. The molecule has 0 fully saturated rings. The number of nitrogens with two attached hydrogens (primary N) is 2. The minimum absolute atomic E-state index is 0.327. The second-order valence-electron chi connectivity index (χ2n) is 3.24. The lowest BCUT2D eigenvalue weighted by Crippen LogP contribution is -2.21. The van der Waals surface area contributed by atoms with E-state index in [4.69, 9.17) is 15.9 Å². The number of nitrogens with one attached hydrogen (secondary N) is 1. The zero-order chi connectivity index (χ0) is 12.3. The molecule has 90 valence electrons. The molecule has 0 saturated carbocycles. The molecule has 2 rings (SSSR count). The molecule has 2 aromatic rings. The number of furan rings is 1. The van der Waals surface area contributed by atoms with Crippen LogP contribution in [0.5, 0.6) is 0 Å². The summed E-state index contributed by atoms with van der Waals surface area (Å²) in [4.78, 5) is 8.12. The SMILES string of the molecule is CN=C(N)Nc1nc(-c2ccc(CN)o2)cs1. The van der Waals surface area contributed by atoms with E-state index < -0.39 is 0 Å². The monoisotopic (exact) mass is 251 g/mol. The Hall–Kier alpha value is -1.86. The Balaban J connectivity index is 2.17. The Morgan fingerprint density at radius 1 is 1.59 bits per heavy atom. The third-order valence-corrected chi connectivity index (χ3v) is 2.85. The fourth-order valence-corrected chi connectivity index (χ4v) is 1.94. The van der Waals surface area contributed by atoms with E-state index in [0.29, 0.717) is 23.4 Å². The van der Waals surface area contributed by atoms with Crippen LogP contribution in [0.2, 0.25) is 0 Å². The van der Waals surface area contributed by atoms with Crippen LogP contribution in [0.1, 0.15) is 5.76 Å². The molecule has 6 nitrogen and oxygen atoms in total. The van der Waals surface area contributed by atoms with E-state index in [0.717, 1.165) is 11.5 Å². The quantitative estimate of drug-likeness (QED) is 0.562. The topological polar surface area (TPSA) is 102 Å². The standard InChI is InChI=1S/C10H13N5OS/c1-13-9(12)15-10-14-7(5-17-10)8-3-2-6(4-11)16-8/h2-3,5H,4,11H2,1H3,(H3,12,13,14,15). The highest BCUT2D eigenvalue weighted by atomic mass is 32.1. The minimum Gasteiger partial charge on any atom is -0.458 e. The molecule has 0 aromatic carbocycles. The van der Waals surface area contributed by atoms with Gasteiger partial charge in [-0.15, -0.1) is 11.3 Å². The van der Waals surface area contributed by atoms with Crippen molar-refractivity contribution in [1.29, 1.82) is 0 Å². The second kappa shape index (κ2) is 4.98. The maximum absolute atomic E-state index is 5.54. The summed E-state index contributed by atoms with van der Waals surface area (Å²) in [5.74, 6) is 1.76. The van der Waals surface area contributed by atoms with Gasteiger partial charge in [-0.2, -0.15) is 0 Å². The van der Waals surface area contributed by atoms with Crippen LogP contribution < -0.4 is 16.8 Å². The van der Waals surface area contributed by atoms with Crippen molar-refractivity contribution in [2.45, 2.75) is 6.54 Å². The molecule has 0 aliphatic heterocycles. The predicted octanol–water partition coefficient (Wildman–Crippen LogP) is 1.22. The van der Waals surface area contributed by atoms with Gasteiger partial charge in [-0.25, -0.2) is 4.98 Å². The molecular formula is C10H13N5OS. The summed E-state index contributed by atoms with van der Waals surface area (Å²) in [5.41, 5.74) is 11.8. The average Bonchev–Trinajstić information content (AvgIpc) is 2.96. The number of hydrogen-bond donors (Lipinski definition) is 3. The molecule has 5 N–H and O–H groups in total. The summed E-state index contributed by atoms with van der Waals surface area (Å²) < 4.78 is 5.49. The lowest BCUT2D eigenvalue weighted by molar-refractivity contribution is 0.524. The van der Waals surface area contributed by atoms with Crippen LogP contribution in [-0.2, 0) is 6.54 Å². The summed E-state index contributed by atoms with van der Waals surface area (Å²) in [6.45, 7) is 0.380. The van der Waals surface area contributed by atoms with Crippen LogP contribution in [-0.4, -0.2) is 18.0 Å². The zero-order valence-corrected chi connectivity index (χ0v) is 10.1. The van der Waals surface area contributed by atoms with Crippen LogP contribution >= 0.6 is 11.3 Å². The number of anilines is 1. The van der Waals surface area contributed by atoms with Gasteiger partial charge in [0.1, 0.15) is 11.5 Å². The Kier molecular flexibility index (Phi) is 3.40. The largest absolute Gasteiger partial charge is 0.458 e. The first-order chi connectivity index (χ1) is 8.22. The molecule has 7 heteroatoms. The average molecular weight is 251 g/mol. The van der Waals surface area contributed by atoms with Crippen molar-refractivity contribution in [2.24, 2.45) is 16.5 Å². The number of aromatic nitrogens is 1. The highest BCUT2D eigenvalue weighted by Gasteiger charge is 2.08. The molecule has 0 spiro atoms. The van der Waals surface area contributed by atoms with Crippen molar-refractivity contribution in [3.8, 4) is 11.5 Å². The van der Waals surface area contributed by atoms with Gasteiger partial charge in [-0.05, 0) is 12.1 Å². The van der Waals surface area contributed by atoms with Crippen LogP contribution in [0.4, 0.5) is 5.13 Å². The zero-order valence-electron chi connectivity index (χ0n) is 9.30. The van der Waals surface area contributed by atoms with Crippen LogP contribution in [0, 0.1) is 0 Å². The maximum atomic E-state index is 5.54. The van der Waals surface area contributed by atoms with E-state index >= 15 is 0 Å². The molecule has 0 unspecified atom stereocenters. The smallest absolute Gasteiger partial charge is 0.194 e. The first-order valence-corrected chi connectivity index (χ1v) is 5.85. The highest BCUT2D eigenvalue weighted by Crippen LogP contribution is 2.26. The Bertz CT molecular complexity index is 530. The molecule has 2 heterocycles. The molecule has 0 saturated heterocycles. The van der Waals surface area contributed by atoms with E-state index in [9.17, 15) is 0 Å². The molecule has 0 amide bonds. The van der Waals surface area contributed by atoms with Crippen molar-refractivity contribution >= 4 is 22.4 Å². The summed E-state index contributed by atoms with van der Waals surface area (Å²) >= 11 is 1.43. The number of rotatable bonds is 3. The lowest BCUT2D eigenvalue weighted by Gasteiger charge is -1.97. The van der Waals surface area contributed by atoms with E-state index in [2.05, 4.69) is 15.3 Å². The van der Waals surface area contributed by atoms with Crippen molar-refractivity contribution < 1.29 is 4.42 Å². The van der Waals surface area contributed by atoms with Crippen LogP contribution in [0.25, 0.3) is 11.5 Å². The Labute approximate surface area is 102 Å². The third kappa shape index (κ3) is 2.63. The van der Waals surface area contributed by atoms with Crippen molar-refractivity contribution in [1.82, 2.24) is 4.98 Å². The van der Waals surface area contributed by atoms with Gasteiger partial charge in [0.25, 0.3) is 0 Å². The van der Waals surface area contributed by atoms with Gasteiger partial charge in [0.2, 0.25) is 0 Å². The number of nitrogens with zero attached hydrogens (tertiary/aromatic N) is 2. The first kappa shape index (κ1) is 11.6. The van der Waals surface area contributed by atoms with Gasteiger partial charge in [-0.3, -0.25) is 4.99 Å². The Morgan fingerprint density at radius 3 is 3.06 bits per heavy atom. The molecule has 0 radical (unpaired) electrons. The molecule has 2 aromatic heterocycles. The highest BCUT2D eigenvalue weighted by molar-refractivity contribution is 7.14. The van der Waals surface area contributed by atoms with E-state index in [1.807, 2.05) is 17.5 Å². The molecule has 0 aliphatic carbocycles. The normalized spacial score (nSPS) is 11.8. The minimum atomic E-state index is 0.327.